The van der Waals surface area contributed by atoms with Crippen LogP contribution in [0.15, 0.2) is 71.6 Å². The van der Waals surface area contributed by atoms with Crippen molar-refractivity contribution in [3.8, 4) is 0 Å². The molecule has 1 aliphatic carbocycles. The number of nitrogens with one attached hydrogen (secondary N) is 2. The number of aryl methyl sites for hydroxylation is 2. The van der Waals surface area contributed by atoms with E-state index < -0.39 is 10.0 Å². The lowest BCUT2D eigenvalue weighted by Crippen LogP contribution is -2.29. The van der Waals surface area contributed by atoms with Crippen molar-refractivity contribution in [3.63, 3.8) is 0 Å². The molecule has 2 N–H and O–H groups in total. The highest BCUT2D eigenvalue weighted by atomic mass is 35.5. The van der Waals surface area contributed by atoms with Gasteiger partial charge in [0.2, 0.25) is 0 Å². The minimum Gasteiger partial charge on any atom is -0.378 e. The average molecular weight is 499 g/mol. The Bertz CT molecular complexity index is 1360. The molecule has 3 aromatic rings. The molecule has 0 bridgehead atoms. The van der Waals surface area contributed by atoms with Crippen molar-refractivity contribution in [2.45, 2.75) is 37.1 Å². The van der Waals surface area contributed by atoms with Gasteiger partial charge in [0.25, 0.3) is 10.0 Å². The first kappa shape index (κ1) is 22.3. The zero-order valence-electron chi connectivity index (χ0n) is 18.3. The van der Waals surface area contributed by atoms with Crippen LogP contribution in [0.4, 0.5) is 11.4 Å². The third-order valence-electron chi connectivity index (χ3n) is 6.68. The minimum absolute atomic E-state index is 0.0149. The molecule has 7 heteroatoms. The second-order valence-electron chi connectivity index (χ2n) is 8.74. The van der Waals surface area contributed by atoms with Crippen LogP contribution in [0.5, 0.6) is 0 Å². The number of para-hydroxylation sites is 1. The van der Waals surface area contributed by atoms with E-state index in [0.29, 0.717) is 15.7 Å². The largest absolute Gasteiger partial charge is 0.378 e. The third-order valence-corrected chi connectivity index (χ3v) is 8.86. The van der Waals surface area contributed by atoms with Crippen molar-refractivity contribution in [2.24, 2.45) is 5.92 Å². The topological polar surface area (TPSA) is 58.2 Å². The molecule has 2 aliphatic rings. The Morgan fingerprint density at radius 2 is 1.70 bits per heavy atom. The van der Waals surface area contributed by atoms with Crippen molar-refractivity contribution in [3.05, 3.63) is 99.0 Å². The normalized spacial score (nSPS) is 21.3. The molecule has 0 spiro atoms. The molecule has 5 rings (SSSR count). The number of benzene rings is 3. The summed E-state index contributed by atoms with van der Waals surface area (Å²) in [5, 5.41) is 4.69. The maximum absolute atomic E-state index is 13.3. The fraction of sp³-hybridized carbons (Fsp3) is 0.231. The molecule has 3 unspecified atom stereocenters. The van der Waals surface area contributed by atoms with Gasteiger partial charge in [-0.2, -0.15) is 0 Å². The molecule has 0 aromatic heterocycles. The summed E-state index contributed by atoms with van der Waals surface area (Å²) in [6.07, 6.45) is 5.21. The zero-order chi connectivity index (χ0) is 23.3. The van der Waals surface area contributed by atoms with Gasteiger partial charge in [0.1, 0.15) is 0 Å². The van der Waals surface area contributed by atoms with Crippen LogP contribution in [0, 0.1) is 19.8 Å². The molecule has 1 heterocycles. The first-order valence-electron chi connectivity index (χ1n) is 10.9. The Morgan fingerprint density at radius 3 is 2.45 bits per heavy atom. The van der Waals surface area contributed by atoms with Crippen LogP contribution in [-0.2, 0) is 10.0 Å². The van der Waals surface area contributed by atoms with E-state index in [1.54, 1.807) is 18.2 Å². The van der Waals surface area contributed by atoms with Crippen molar-refractivity contribution >= 4 is 44.6 Å². The van der Waals surface area contributed by atoms with Gasteiger partial charge in [-0.25, -0.2) is 8.42 Å². The number of halogens is 2. The highest BCUT2D eigenvalue weighted by molar-refractivity contribution is 7.92. The zero-order valence-corrected chi connectivity index (χ0v) is 20.6. The maximum Gasteiger partial charge on any atom is 0.261 e. The maximum atomic E-state index is 13.3. The van der Waals surface area contributed by atoms with Crippen LogP contribution in [0.2, 0.25) is 10.0 Å². The monoisotopic (exact) mass is 498 g/mol. The lowest BCUT2D eigenvalue weighted by atomic mass is 9.77. The van der Waals surface area contributed by atoms with Crippen LogP contribution < -0.4 is 10.0 Å². The van der Waals surface area contributed by atoms with Crippen LogP contribution >= 0.6 is 23.2 Å². The van der Waals surface area contributed by atoms with E-state index in [9.17, 15) is 8.42 Å². The lowest BCUT2D eigenvalue weighted by molar-refractivity contribution is 0.425. The molecule has 3 aromatic carbocycles. The van der Waals surface area contributed by atoms with Gasteiger partial charge in [0, 0.05) is 11.6 Å². The van der Waals surface area contributed by atoms with E-state index in [4.69, 9.17) is 23.2 Å². The fourth-order valence-corrected chi connectivity index (χ4v) is 6.64. The first-order valence-corrected chi connectivity index (χ1v) is 13.1. The highest BCUT2D eigenvalue weighted by Crippen LogP contribution is 2.51. The van der Waals surface area contributed by atoms with Gasteiger partial charge in [-0.1, -0.05) is 65.7 Å². The molecule has 0 saturated carbocycles. The SMILES string of the molecule is Cc1cccc(C)c1NS(=O)(=O)c1ccc2c(c1)C1C=CCC1C(c1cccc(Cl)c1Cl)N2. The summed E-state index contributed by atoms with van der Waals surface area (Å²) < 4.78 is 29.3. The van der Waals surface area contributed by atoms with Gasteiger partial charge in [-0.3, -0.25) is 4.72 Å². The van der Waals surface area contributed by atoms with E-state index in [1.165, 1.54) is 0 Å². The Kier molecular flexibility index (Phi) is 5.68. The van der Waals surface area contributed by atoms with E-state index in [0.717, 1.165) is 34.4 Å². The third kappa shape index (κ3) is 3.92. The number of sulfonamides is 1. The number of hydrogen-bond donors (Lipinski definition) is 2. The van der Waals surface area contributed by atoms with Gasteiger partial charge in [-0.15, -0.1) is 0 Å². The second kappa shape index (κ2) is 8.39. The standard InChI is InChI=1S/C26H24Cl2N2O2S/c1-15-6-3-7-16(2)25(15)30-33(31,32)17-12-13-23-21(14-17)18-8-4-9-19(18)26(29-23)20-10-5-11-22(27)24(20)28/h3-8,10-14,18-19,26,29-30H,9H2,1-2H3. The quantitative estimate of drug-likeness (QED) is 0.372. The van der Waals surface area contributed by atoms with E-state index in [1.807, 2.05) is 50.2 Å². The molecule has 0 amide bonds. The van der Waals surface area contributed by atoms with Crippen molar-refractivity contribution in [2.75, 3.05) is 10.0 Å². The summed E-state index contributed by atoms with van der Waals surface area (Å²) in [5.74, 6) is 0.314. The molecule has 3 atom stereocenters. The van der Waals surface area contributed by atoms with Crippen molar-refractivity contribution < 1.29 is 8.42 Å². The molecule has 0 radical (unpaired) electrons. The van der Waals surface area contributed by atoms with E-state index in [2.05, 4.69) is 22.2 Å². The van der Waals surface area contributed by atoms with E-state index in [-0.39, 0.29) is 22.8 Å². The number of hydrogen-bond acceptors (Lipinski definition) is 3. The Labute approximate surface area is 204 Å². The number of anilines is 2. The summed E-state index contributed by atoms with van der Waals surface area (Å²) in [6.45, 7) is 3.80. The van der Waals surface area contributed by atoms with Gasteiger partial charge < -0.3 is 5.32 Å². The van der Waals surface area contributed by atoms with Crippen LogP contribution in [0.25, 0.3) is 0 Å². The predicted octanol–water partition coefficient (Wildman–Crippen LogP) is 7.24. The summed E-state index contributed by atoms with van der Waals surface area (Å²) in [5.41, 5.74) is 5.25. The number of allylic oxidation sites excluding steroid dienone is 2. The molecule has 170 valence electrons. The van der Waals surface area contributed by atoms with Gasteiger partial charge in [0.05, 0.1) is 26.7 Å². The Hall–Kier alpha value is -2.47. The molecule has 4 nitrogen and oxygen atoms in total. The number of fused-ring (bicyclic) bond motifs is 3. The molecular formula is C26H24Cl2N2O2S. The summed E-state index contributed by atoms with van der Waals surface area (Å²) in [6, 6.07) is 16.7. The van der Waals surface area contributed by atoms with Crippen molar-refractivity contribution in [1.29, 1.82) is 0 Å². The Balaban J connectivity index is 1.53. The molecule has 1 aliphatic heterocycles. The molecule has 33 heavy (non-hydrogen) atoms. The van der Waals surface area contributed by atoms with Gasteiger partial charge >= 0.3 is 0 Å². The second-order valence-corrected chi connectivity index (χ2v) is 11.2. The van der Waals surface area contributed by atoms with E-state index >= 15 is 0 Å². The average Bonchev–Trinajstić information content (AvgIpc) is 3.28. The molecule has 0 fully saturated rings. The summed E-state index contributed by atoms with van der Waals surface area (Å²) in [7, 11) is -3.74. The predicted molar refractivity (Wildman–Crippen MR) is 136 cm³/mol. The van der Waals surface area contributed by atoms with Crippen molar-refractivity contribution in [1.82, 2.24) is 0 Å². The van der Waals surface area contributed by atoms with Crippen LogP contribution in [0.1, 0.15) is 40.6 Å². The van der Waals surface area contributed by atoms with Gasteiger partial charge in [0.15, 0.2) is 0 Å². The van der Waals surface area contributed by atoms with Gasteiger partial charge in [-0.05, 0) is 72.7 Å². The smallest absolute Gasteiger partial charge is 0.261 e. The minimum atomic E-state index is -3.74. The summed E-state index contributed by atoms with van der Waals surface area (Å²) >= 11 is 12.8. The first-order chi connectivity index (χ1) is 15.8. The van der Waals surface area contributed by atoms with Crippen LogP contribution in [-0.4, -0.2) is 8.42 Å². The Morgan fingerprint density at radius 1 is 0.970 bits per heavy atom. The lowest BCUT2D eigenvalue weighted by Gasteiger charge is -2.38. The summed E-state index contributed by atoms with van der Waals surface area (Å²) in [4.78, 5) is 0.254. The highest BCUT2D eigenvalue weighted by Gasteiger charge is 2.39. The van der Waals surface area contributed by atoms with Crippen LogP contribution in [0.3, 0.4) is 0 Å². The number of rotatable bonds is 4. The molecular weight excluding hydrogens is 475 g/mol. The molecule has 0 saturated heterocycles. The fourth-order valence-electron chi connectivity index (χ4n) is 4.98.